The molecular formula is C21H28F2O. The average Bonchev–Trinajstić information content (AvgIpc) is 2.60. The van der Waals surface area contributed by atoms with E-state index in [1.807, 2.05) is 13.0 Å². The Morgan fingerprint density at radius 2 is 1.79 bits per heavy atom. The summed E-state index contributed by atoms with van der Waals surface area (Å²) in [7, 11) is 0. The number of halogens is 2. The Morgan fingerprint density at radius 3 is 2.58 bits per heavy atom. The Labute approximate surface area is 144 Å². The fraction of sp³-hybridized carbons (Fsp3) is 0.619. The third kappa shape index (κ3) is 3.72. The molecule has 4 atom stereocenters. The normalized spacial score (nSPS) is 30.5. The molecule has 2 aliphatic carbocycles. The van der Waals surface area contributed by atoms with E-state index in [0.717, 1.165) is 38.5 Å². The summed E-state index contributed by atoms with van der Waals surface area (Å²) in [6, 6.07) is 3.51. The minimum absolute atomic E-state index is 0.168. The first kappa shape index (κ1) is 17.6. The highest BCUT2D eigenvalue weighted by atomic mass is 19.2. The molecule has 0 aliphatic heterocycles. The molecule has 4 unspecified atom stereocenters. The van der Waals surface area contributed by atoms with Gasteiger partial charge in [-0.25, -0.2) is 8.78 Å². The predicted octanol–water partition coefficient (Wildman–Crippen LogP) is 5.92. The van der Waals surface area contributed by atoms with Crippen molar-refractivity contribution in [2.45, 2.75) is 64.4 Å². The summed E-state index contributed by atoms with van der Waals surface area (Å²) in [5.74, 6) is 0.192. The summed E-state index contributed by atoms with van der Waals surface area (Å²) < 4.78 is 34.1. The van der Waals surface area contributed by atoms with Crippen LogP contribution in [-0.2, 0) is 4.74 Å². The van der Waals surface area contributed by atoms with Crippen molar-refractivity contribution < 1.29 is 13.5 Å². The first-order valence-electron chi connectivity index (χ1n) is 9.27. The molecular weight excluding hydrogens is 306 g/mol. The van der Waals surface area contributed by atoms with E-state index >= 15 is 0 Å². The van der Waals surface area contributed by atoms with Crippen molar-refractivity contribution in [3.05, 3.63) is 47.0 Å². The summed E-state index contributed by atoms with van der Waals surface area (Å²) in [6.45, 7) is 4.33. The number of hydrogen-bond acceptors (Lipinski definition) is 1. The molecule has 0 bridgehead atoms. The van der Waals surface area contributed by atoms with E-state index in [2.05, 4.69) is 6.08 Å². The first-order valence-corrected chi connectivity index (χ1v) is 9.27. The van der Waals surface area contributed by atoms with Crippen LogP contribution in [0.25, 0.3) is 0 Å². The minimum atomic E-state index is -0.671. The van der Waals surface area contributed by atoms with Crippen LogP contribution in [0.4, 0.5) is 8.78 Å². The Morgan fingerprint density at radius 1 is 1.04 bits per heavy atom. The van der Waals surface area contributed by atoms with Gasteiger partial charge in [0.25, 0.3) is 0 Å². The fourth-order valence-electron chi connectivity index (χ4n) is 4.54. The zero-order valence-electron chi connectivity index (χ0n) is 14.7. The minimum Gasteiger partial charge on any atom is -0.374 e. The molecule has 1 aromatic carbocycles. The van der Waals surface area contributed by atoms with Gasteiger partial charge in [-0.3, -0.25) is 0 Å². The van der Waals surface area contributed by atoms with Gasteiger partial charge in [0.05, 0.1) is 12.7 Å². The monoisotopic (exact) mass is 334 g/mol. The second-order valence-electron chi connectivity index (χ2n) is 7.47. The molecule has 132 valence electrons. The largest absolute Gasteiger partial charge is 0.374 e. The van der Waals surface area contributed by atoms with Crippen LogP contribution in [0.15, 0.2) is 24.3 Å². The smallest absolute Gasteiger partial charge is 0.162 e. The van der Waals surface area contributed by atoms with Crippen LogP contribution in [0.5, 0.6) is 0 Å². The maximum Gasteiger partial charge on any atom is 0.162 e. The highest BCUT2D eigenvalue weighted by Gasteiger charge is 2.37. The van der Waals surface area contributed by atoms with Gasteiger partial charge in [-0.1, -0.05) is 24.3 Å². The third-order valence-corrected chi connectivity index (χ3v) is 5.97. The Hall–Kier alpha value is -1.22. The molecule has 1 aromatic rings. The molecule has 3 rings (SSSR count). The number of allylic oxidation sites excluding steroid dienone is 1. The molecule has 0 spiro atoms. The molecule has 0 aromatic heterocycles. The van der Waals surface area contributed by atoms with Crippen LogP contribution >= 0.6 is 0 Å². The van der Waals surface area contributed by atoms with Gasteiger partial charge in [-0.15, -0.1) is 0 Å². The zero-order valence-corrected chi connectivity index (χ0v) is 14.7. The average molecular weight is 334 g/mol. The molecule has 2 fully saturated rings. The number of hydrogen-bond donors (Lipinski definition) is 0. The van der Waals surface area contributed by atoms with Crippen molar-refractivity contribution in [2.75, 3.05) is 6.61 Å². The summed E-state index contributed by atoms with van der Waals surface area (Å²) in [6.07, 6.45) is 10.9. The number of aryl methyl sites for hydroxylation is 1. The van der Waals surface area contributed by atoms with Crippen molar-refractivity contribution in [2.24, 2.45) is 11.8 Å². The van der Waals surface area contributed by atoms with Crippen LogP contribution in [0.3, 0.4) is 0 Å². The van der Waals surface area contributed by atoms with Gasteiger partial charge >= 0.3 is 0 Å². The Balaban J connectivity index is 1.62. The van der Waals surface area contributed by atoms with Crippen molar-refractivity contribution in [3.63, 3.8) is 0 Å². The number of fused-ring (bicyclic) bond motifs is 1. The quantitative estimate of drug-likeness (QED) is 0.621. The van der Waals surface area contributed by atoms with Crippen LogP contribution in [0, 0.1) is 30.4 Å². The van der Waals surface area contributed by atoms with Crippen molar-refractivity contribution in [1.29, 1.82) is 0 Å². The van der Waals surface area contributed by atoms with Crippen LogP contribution < -0.4 is 0 Å². The summed E-state index contributed by atoms with van der Waals surface area (Å²) in [4.78, 5) is 0. The topological polar surface area (TPSA) is 9.23 Å². The maximum atomic E-state index is 14.3. The molecule has 3 heteroatoms. The van der Waals surface area contributed by atoms with Gasteiger partial charge in [0, 0.05) is 0 Å². The molecule has 2 saturated carbocycles. The van der Waals surface area contributed by atoms with Crippen LogP contribution in [-0.4, -0.2) is 12.7 Å². The van der Waals surface area contributed by atoms with Gasteiger partial charge in [0.15, 0.2) is 11.6 Å². The predicted molar refractivity (Wildman–Crippen MR) is 93.1 cm³/mol. The van der Waals surface area contributed by atoms with E-state index in [4.69, 9.17) is 4.74 Å². The lowest BCUT2D eigenvalue weighted by Gasteiger charge is -2.42. The van der Waals surface area contributed by atoms with Crippen LogP contribution in [0.1, 0.15) is 62.5 Å². The molecule has 0 N–H and O–H groups in total. The second-order valence-corrected chi connectivity index (χ2v) is 7.47. The third-order valence-electron chi connectivity index (χ3n) is 5.97. The Bertz CT molecular complexity index is 596. The molecule has 0 radical (unpaired) electrons. The fourth-order valence-corrected chi connectivity index (χ4v) is 4.54. The lowest BCUT2D eigenvalue weighted by Crippen LogP contribution is -2.34. The molecule has 1 nitrogen and oxygen atoms in total. The van der Waals surface area contributed by atoms with Crippen molar-refractivity contribution in [3.8, 4) is 0 Å². The SMILES string of the molecule is C/C=C/COC1CCC2CC(c3ccc(C)c(F)c3F)CCC2C1. The lowest BCUT2D eigenvalue weighted by molar-refractivity contribution is -0.00336. The highest BCUT2D eigenvalue weighted by molar-refractivity contribution is 5.28. The number of ether oxygens (including phenoxy) is 1. The van der Waals surface area contributed by atoms with Gasteiger partial charge in [0.1, 0.15) is 0 Å². The second kappa shape index (κ2) is 7.77. The molecule has 0 heterocycles. The van der Waals surface area contributed by atoms with E-state index in [0.29, 0.717) is 35.7 Å². The van der Waals surface area contributed by atoms with E-state index in [9.17, 15) is 8.78 Å². The van der Waals surface area contributed by atoms with E-state index in [1.165, 1.54) is 0 Å². The van der Waals surface area contributed by atoms with Crippen LogP contribution in [0.2, 0.25) is 0 Å². The van der Waals surface area contributed by atoms with E-state index in [-0.39, 0.29) is 5.92 Å². The number of rotatable bonds is 4. The van der Waals surface area contributed by atoms with Gasteiger partial charge in [0.2, 0.25) is 0 Å². The van der Waals surface area contributed by atoms with Crippen molar-refractivity contribution >= 4 is 0 Å². The van der Waals surface area contributed by atoms with Gasteiger partial charge in [-0.05, 0) is 81.3 Å². The maximum absolute atomic E-state index is 14.3. The van der Waals surface area contributed by atoms with Gasteiger partial charge in [-0.2, -0.15) is 0 Å². The summed E-state index contributed by atoms with van der Waals surface area (Å²) in [5.41, 5.74) is 0.978. The molecule has 2 aliphatic rings. The zero-order chi connectivity index (χ0) is 17.1. The number of benzene rings is 1. The van der Waals surface area contributed by atoms with Gasteiger partial charge < -0.3 is 4.74 Å². The van der Waals surface area contributed by atoms with Crippen molar-refractivity contribution in [1.82, 2.24) is 0 Å². The molecule has 0 amide bonds. The van der Waals surface area contributed by atoms with E-state index in [1.54, 1.807) is 19.1 Å². The first-order chi connectivity index (χ1) is 11.6. The van der Waals surface area contributed by atoms with E-state index < -0.39 is 11.6 Å². The Kier molecular flexibility index (Phi) is 5.70. The molecule has 24 heavy (non-hydrogen) atoms. The summed E-state index contributed by atoms with van der Waals surface area (Å²) in [5, 5.41) is 0. The molecule has 0 saturated heterocycles. The summed E-state index contributed by atoms with van der Waals surface area (Å²) >= 11 is 0. The highest BCUT2D eigenvalue weighted by Crippen LogP contribution is 2.47. The lowest BCUT2D eigenvalue weighted by atomic mass is 9.65. The standard InChI is InChI=1S/C21H28F2O/c1-3-4-11-24-18-9-8-15-12-17(7-6-16(15)13-18)19-10-5-14(2)20(22)21(19)23/h3-5,10,15-18H,6-9,11-13H2,1-2H3/b4-3+.